The van der Waals surface area contributed by atoms with Gasteiger partial charge in [-0.1, -0.05) is 19.4 Å². The lowest BCUT2D eigenvalue weighted by Gasteiger charge is -2.24. The molecule has 0 bridgehead atoms. The van der Waals surface area contributed by atoms with Crippen LogP contribution in [0.15, 0.2) is 12.7 Å². The van der Waals surface area contributed by atoms with Gasteiger partial charge in [0, 0.05) is 5.92 Å². The fourth-order valence-electron chi connectivity index (χ4n) is 2.80. The molecule has 3 nitrogen and oxygen atoms in total. The largest absolute Gasteiger partial charge is 0.385 e. The van der Waals surface area contributed by atoms with E-state index in [2.05, 4.69) is 13.5 Å². The van der Waals surface area contributed by atoms with E-state index in [1.54, 1.807) is 0 Å². The summed E-state index contributed by atoms with van der Waals surface area (Å²) < 4.78 is 11.3. The number of hydrogen-bond donors (Lipinski definition) is 1. The first-order valence-electron chi connectivity index (χ1n) is 5.77. The highest BCUT2D eigenvalue weighted by molar-refractivity contribution is 5.05. The van der Waals surface area contributed by atoms with Crippen molar-refractivity contribution in [2.24, 2.45) is 5.92 Å². The van der Waals surface area contributed by atoms with E-state index in [1.807, 2.05) is 6.08 Å². The summed E-state index contributed by atoms with van der Waals surface area (Å²) in [5.74, 6) is 0.135. The van der Waals surface area contributed by atoms with E-state index in [9.17, 15) is 5.11 Å². The molecule has 4 atom stereocenters. The van der Waals surface area contributed by atoms with E-state index in [-0.39, 0.29) is 18.1 Å². The highest BCUT2D eigenvalue weighted by Crippen LogP contribution is 2.43. The number of hydrogen-bond acceptors (Lipinski definition) is 3. The Kier molecular flexibility index (Phi) is 3.14. The Balaban J connectivity index is 2.10. The molecule has 0 aromatic rings. The van der Waals surface area contributed by atoms with Gasteiger partial charge in [-0.2, -0.15) is 0 Å². The summed E-state index contributed by atoms with van der Waals surface area (Å²) in [6.07, 6.45) is 5.00. The molecule has 2 heterocycles. The van der Waals surface area contributed by atoms with Crippen LogP contribution in [0.4, 0.5) is 0 Å². The normalized spacial score (nSPS) is 44.3. The molecule has 2 rings (SSSR count). The van der Waals surface area contributed by atoms with Crippen molar-refractivity contribution >= 4 is 0 Å². The maximum Gasteiger partial charge on any atom is 0.119 e. The highest BCUT2D eigenvalue weighted by Gasteiger charge is 2.56. The molecule has 3 heteroatoms. The summed E-state index contributed by atoms with van der Waals surface area (Å²) in [4.78, 5) is 0. The Morgan fingerprint density at radius 1 is 1.40 bits per heavy atom. The standard InChI is InChI=1S/C12H20O3/c1-3-5-9-11-10(6-4-2)15-8-12(11,13)7-14-9/h3,9-11,13H,1,4-8H2,2H3/t9-,10+,11+,12+/m0/s1. The number of fused-ring (bicyclic) bond motifs is 1. The van der Waals surface area contributed by atoms with Gasteiger partial charge < -0.3 is 14.6 Å². The Morgan fingerprint density at radius 3 is 2.67 bits per heavy atom. The zero-order valence-electron chi connectivity index (χ0n) is 9.32. The SMILES string of the molecule is C=CC[C@@H]1OC[C@@]2(O)CO[C@H](CCC)[C@@H]12. The van der Waals surface area contributed by atoms with Gasteiger partial charge in [0.15, 0.2) is 0 Å². The third-order valence-corrected chi connectivity index (χ3v) is 3.49. The minimum absolute atomic E-state index is 0.0894. The zero-order valence-corrected chi connectivity index (χ0v) is 9.32. The second-order valence-corrected chi connectivity index (χ2v) is 4.64. The molecule has 0 aromatic heterocycles. The first-order chi connectivity index (χ1) is 7.21. The van der Waals surface area contributed by atoms with Crippen molar-refractivity contribution in [2.75, 3.05) is 13.2 Å². The van der Waals surface area contributed by atoms with E-state index in [1.165, 1.54) is 0 Å². The molecule has 0 unspecified atom stereocenters. The third kappa shape index (κ3) is 1.84. The van der Waals surface area contributed by atoms with Gasteiger partial charge in [-0.05, 0) is 12.8 Å². The second-order valence-electron chi connectivity index (χ2n) is 4.64. The molecule has 2 fully saturated rings. The molecule has 1 N–H and O–H groups in total. The molecule has 86 valence electrons. The molecule has 0 saturated carbocycles. The predicted molar refractivity (Wildman–Crippen MR) is 57.6 cm³/mol. The fraction of sp³-hybridized carbons (Fsp3) is 0.833. The van der Waals surface area contributed by atoms with Crippen molar-refractivity contribution in [2.45, 2.75) is 44.0 Å². The van der Waals surface area contributed by atoms with Crippen molar-refractivity contribution in [1.82, 2.24) is 0 Å². The minimum Gasteiger partial charge on any atom is -0.385 e. The molecule has 15 heavy (non-hydrogen) atoms. The molecular formula is C12H20O3. The molecule has 0 spiro atoms. The van der Waals surface area contributed by atoms with Crippen LogP contribution in [0.5, 0.6) is 0 Å². The molecular weight excluding hydrogens is 192 g/mol. The summed E-state index contributed by atoms with van der Waals surface area (Å²) in [5, 5.41) is 10.3. The van der Waals surface area contributed by atoms with E-state index in [0.29, 0.717) is 13.2 Å². The molecule has 2 aliphatic rings. The van der Waals surface area contributed by atoms with E-state index in [0.717, 1.165) is 19.3 Å². The fourth-order valence-corrected chi connectivity index (χ4v) is 2.80. The van der Waals surface area contributed by atoms with Crippen LogP contribution in [0.3, 0.4) is 0 Å². The van der Waals surface area contributed by atoms with E-state index in [4.69, 9.17) is 9.47 Å². The maximum atomic E-state index is 10.3. The lowest BCUT2D eigenvalue weighted by atomic mass is 9.82. The topological polar surface area (TPSA) is 38.7 Å². The van der Waals surface area contributed by atoms with Crippen LogP contribution in [-0.4, -0.2) is 36.1 Å². The highest BCUT2D eigenvalue weighted by atomic mass is 16.6. The predicted octanol–water partition coefficient (Wildman–Crippen LogP) is 1.51. The lowest BCUT2D eigenvalue weighted by Crippen LogP contribution is -2.40. The van der Waals surface area contributed by atoms with Gasteiger partial charge in [-0.15, -0.1) is 6.58 Å². The number of ether oxygens (including phenoxy) is 2. The quantitative estimate of drug-likeness (QED) is 0.718. The van der Waals surface area contributed by atoms with Crippen LogP contribution in [0, 0.1) is 5.92 Å². The van der Waals surface area contributed by atoms with Gasteiger partial charge in [0.2, 0.25) is 0 Å². The zero-order chi connectivity index (χ0) is 10.9. The van der Waals surface area contributed by atoms with E-state index >= 15 is 0 Å². The summed E-state index contributed by atoms with van der Waals surface area (Å²) in [7, 11) is 0. The Bertz CT molecular complexity index is 241. The maximum absolute atomic E-state index is 10.3. The lowest BCUT2D eigenvalue weighted by molar-refractivity contribution is -0.0202. The first kappa shape index (κ1) is 11.1. The first-order valence-corrected chi connectivity index (χ1v) is 5.77. The van der Waals surface area contributed by atoms with Gasteiger partial charge in [0.25, 0.3) is 0 Å². The summed E-state index contributed by atoms with van der Waals surface area (Å²) in [6, 6.07) is 0. The average molecular weight is 212 g/mol. The number of aliphatic hydroxyl groups is 1. The number of rotatable bonds is 4. The molecule has 2 aliphatic heterocycles. The average Bonchev–Trinajstić information content (AvgIpc) is 2.68. The van der Waals surface area contributed by atoms with Crippen molar-refractivity contribution in [3.05, 3.63) is 12.7 Å². The Hall–Kier alpha value is -0.380. The van der Waals surface area contributed by atoms with Crippen molar-refractivity contribution < 1.29 is 14.6 Å². The minimum atomic E-state index is -0.743. The molecule has 0 radical (unpaired) electrons. The van der Waals surface area contributed by atoms with Gasteiger partial charge in [0.1, 0.15) is 5.60 Å². The molecule has 0 aliphatic carbocycles. The monoisotopic (exact) mass is 212 g/mol. The van der Waals surface area contributed by atoms with Crippen molar-refractivity contribution in [3.8, 4) is 0 Å². The molecule has 0 aromatic carbocycles. The Morgan fingerprint density at radius 2 is 2.07 bits per heavy atom. The van der Waals surface area contributed by atoms with Crippen LogP contribution in [-0.2, 0) is 9.47 Å². The summed E-state index contributed by atoms with van der Waals surface area (Å²) in [6.45, 7) is 6.71. The third-order valence-electron chi connectivity index (χ3n) is 3.49. The second kappa shape index (κ2) is 4.24. The van der Waals surface area contributed by atoms with Gasteiger partial charge in [-0.25, -0.2) is 0 Å². The van der Waals surface area contributed by atoms with Crippen LogP contribution >= 0.6 is 0 Å². The molecule has 2 saturated heterocycles. The Labute approximate surface area is 91.1 Å². The smallest absolute Gasteiger partial charge is 0.119 e. The van der Waals surface area contributed by atoms with Crippen LogP contribution in [0.25, 0.3) is 0 Å². The van der Waals surface area contributed by atoms with Crippen molar-refractivity contribution in [1.29, 1.82) is 0 Å². The van der Waals surface area contributed by atoms with Gasteiger partial charge in [-0.3, -0.25) is 0 Å². The van der Waals surface area contributed by atoms with Crippen LogP contribution in [0.1, 0.15) is 26.2 Å². The van der Waals surface area contributed by atoms with Crippen LogP contribution < -0.4 is 0 Å². The van der Waals surface area contributed by atoms with Gasteiger partial charge >= 0.3 is 0 Å². The van der Waals surface area contributed by atoms with Gasteiger partial charge in [0.05, 0.1) is 25.4 Å². The van der Waals surface area contributed by atoms with Crippen molar-refractivity contribution in [3.63, 3.8) is 0 Å². The molecule has 0 amide bonds. The summed E-state index contributed by atoms with van der Waals surface area (Å²) >= 11 is 0. The summed E-state index contributed by atoms with van der Waals surface area (Å²) in [5.41, 5.74) is -0.743. The van der Waals surface area contributed by atoms with E-state index < -0.39 is 5.60 Å². The van der Waals surface area contributed by atoms with Crippen LogP contribution in [0.2, 0.25) is 0 Å².